The number of carbonyl (C=O) groups is 1. The molecular formula is C20H17N5O2. The second-order valence-electron chi connectivity index (χ2n) is 6.82. The van der Waals surface area contributed by atoms with Gasteiger partial charge in [0.05, 0.1) is 11.5 Å². The molecule has 1 aliphatic rings. The van der Waals surface area contributed by atoms with Crippen LogP contribution < -0.4 is 5.32 Å². The highest BCUT2D eigenvalue weighted by molar-refractivity contribution is 5.95. The van der Waals surface area contributed by atoms with E-state index >= 15 is 0 Å². The third-order valence-electron chi connectivity index (χ3n) is 4.87. The third-order valence-corrected chi connectivity index (χ3v) is 4.87. The zero-order valence-electron chi connectivity index (χ0n) is 14.9. The lowest BCUT2D eigenvalue weighted by molar-refractivity contribution is -0.116. The summed E-state index contributed by atoms with van der Waals surface area (Å²) < 4.78 is 7.42. The molecule has 1 amide bonds. The van der Waals surface area contributed by atoms with Crippen LogP contribution in [0.1, 0.15) is 35.1 Å². The normalized spacial score (nSPS) is 16.4. The van der Waals surface area contributed by atoms with Gasteiger partial charge in [-0.3, -0.25) is 4.79 Å². The highest BCUT2D eigenvalue weighted by Crippen LogP contribution is 2.40. The molecule has 0 spiro atoms. The zero-order valence-corrected chi connectivity index (χ0v) is 14.9. The van der Waals surface area contributed by atoms with Crippen molar-refractivity contribution in [2.45, 2.75) is 26.2 Å². The lowest BCUT2D eigenvalue weighted by Crippen LogP contribution is -2.23. The quantitative estimate of drug-likeness (QED) is 0.592. The predicted octanol–water partition coefficient (Wildman–Crippen LogP) is 3.48. The van der Waals surface area contributed by atoms with Crippen LogP contribution in [-0.4, -0.2) is 25.7 Å². The fraction of sp³-hybridized carbons (Fsp3) is 0.200. The molecule has 4 aromatic rings. The topological polar surface area (TPSA) is 85.3 Å². The molecule has 5 rings (SSSR count). The van der Waals surface area contributed by atoms with Crippen molar-refractivity contribution in [3.05, 3.63) is 65.2 Å². The molecule has 1 N–H and O–H groups in total. The maximum Gasteiger partial charge on any atom is 0.226 e. The summed E-state index contributed by atoms with van der Waals surface area (Å²) in [7, 11) is 0. The first-order valence-electron chi connectivity index (χ1n) is 8.79. The van der Waals surface area contributed by atoms with Gasteiger partial charge in [0.1, 0.15) is 11.5 Å². The summed E-state index contributed by atoms with van der Waals surface area (Å²) in [6.45, 7) is 3.92. The van der Waals surface area contributed by atoms with Crippen LogP contribution in [0.4, 0.5) is 5.82 Å². The van der Waals surface area contributed by atoms with Crippen LogP contribution >= 0.6 is 0 Å². The first-order chi connectivity index (χ1) is 13.1. The van der Waals surface area contributed by atoms with Crippen LogP contribution in [-0.2, 0) is 4.79 Å². The summed E-state index contributed by atoms with van der Waals surface area (Å²) in [5.41, 5.74) is 5.19. The Morgan fingerprint density at radius 3 is 2.81 bits per heavy atom. The number of rotatable bonds is 2. The molecule has 4 heterocycles. The summed E-state index contributed by atoms with van der Waals surface area (Å²) in [6.07, 6.45) is 0.270. The van der Waals surface area contributed by atoms with Crippen LogP contribution in [0.15, 0.2) is 47.0 Å². The first-order valence-corrected chi connectivity index (χ1v) is 8.79. The van der Waals surface area contributed by atoms with Gasteiger partial charge in [0.2, 0.25) is 5.91 Å². The minimum absolute atomic E-state index is 0.0945. The first kappa shape index (κ1) is 15.7. The number of benzene rings is 1. The van der Waals surface area contributed by atoms with Gasteiger partial charge in [0, 0.05) is 29.4 Å². The average Bonchev–Trinajstić information content (AvgIpc) is 3.27. The van der Waals surface area contributed by atoms with Crippen LogP contribution in [0.3, 0.4) is 0 Å². The van der Waals surface area contributed by atoms with Gasteiger partial charge in [-0.1, -0.05) is 35.5 Å². The smallest absolute Gasteiger partial charge is 0.226 e. The molecule has 0 fully saturated rings. The highest BCUT2D eigenvalue weighted by Gasteiger charge is 2.35. The number of hydrogen-bond acceptors (Lipinski definition) is 5. The van der Waals surface area contributed by atoms with Gasteiger partial charge in [-0.25, -0.2) is 9.50 Å². The van der Waals surface area contributed by atoms with Gasteiger partial charge in [-0.2, -0.15) is 0 Å². The Balaban J connectivity index is 1.67. The van der Waals surface area contributed by atoms with E-state index in [-0.39, 0.29) is 18.2 Å². The van der Waals surface area contributed by atoms with Gasteiger partial charge < -0.3 is 9.84 Å². The number of anilines is 1. The van der Waals surface area contributed by atoms with Crippen LogP contribution in [0.2, 0.25) is 0 Å². The summed E-state index contributed by atoms with van der Waals surface area (Å²) in [5, 5.41) is 11.6. The standard InChI is InChI=1S/C20H17N5O2/c1-11-8-12(2)25-20(21-11)18-14(9-17(26)22-19(18)23-25)16-10-15(24-27-16)13-6-4-3-5-7-13/h3-8,10,14H,9H2,1-2H3,(H,22,23,26). The van der Waals surface area contributed by atoms with E-state index in [9.17, 15) is 4.79 Å². The maximum absolute atomic E-state index is 12.3. The number of carbonyl (C=O) groups excluding carboxylic acids is 1. The van der Waals surface area contributed by atoms with Crippen molar-refractivity contribution in [3.8, 4) is 11.3 Å². The molecule has 0 radical (unpaired) electrons. The van der Waals surface area contributed by atoms with Crippen LogP contribution in [0.5, 0.6) is 0 Å². The van der Waals surface area contributed by atoms with Crippen molar-refractivity contribution in [2.75, 3.05) is 5.32 Å². The van der Waals surface area contributed by atoms with Gasteiger partial charge in [-0.15, -0.1) is 5.10 Å². The Hall–Kier alpha value is -3.48. The molecule has 1 unspecified atom stereocenters. The van der Waals surface area contributed by atoms with E-state index < -0.39 is 0 Å². The third kappa shape index (κ3) is 2.51. The number of nitrogens with one attached hydrogen (secondary N) is 1. The van der Waals surface area contributed by atoms with Crippen molar-refractivity contribution in [1.82, 2.24) is 19.8 Å². The number of nitrogens with zero attached hydrogens (tertiary/aromatic N) is 4. The summed E-state index contributed by atoms with van der Waals surface area (Å²) >= 11 is 0. The predicted molar refractivity (Wildman–Crippen MR) is 99.5 cm³/mol. The van der Waals surface area contributed by atoms with E-state index in [0.717, 1.165) is 33.9 Å². The van der Waals surface area contributed by atoms with Crippen molar-refractivity contribution in [2.24, 2.45) is 0 Å². The molecule has 7 nitrogen and oxygen atoms in total. The summed E-state index contributed by atoms with van der Waals surface area (Å²) in [4.78, 5) is 16.9. The van der Waals surface area contributed by atoms with Gasteiger partial charge in [0.15, 0.2) is 11.5 Å². The Kier molecular flexibility index (Phi) is 3.36. The number of hydrogen-bond donors (Lipinski definition) is 1. The van der Waals surface area contributed by atoms with E-state index in [1.54, 1.807) is 4.52 Å². The fourth-order valence-corrected chi connectivity index (χ4v) is 3.66. The molecular weight excluding hydrogens is 342 g/mol. The Morgan fingerprint density at radius 2 is 2.00 bits per heavy atom. The van der Waals surface area contributed by atoms with Crippen LogP contribution in [0, 0.1) is 13.8 Å². The van der Waals surface area contributed by atoms with Crippen LogP contribution in [0.25, 0.3) is 16.9 Å². The molecule has 3 aromatic heterocycles. The van der Waals surface area contributed by atoms with Gasteiger partial charge in [-0.05, 0) is 19.9 Å². The summed E-state index contributed by atoms with van der Waals surface area (Å²) in [6, 6.07) is 13.7. The molecule has 27 heavy (non-hydrogen) atoms. The molecule has 7 heteroatoms. The number of aryl methyl sites for hydroxylation is 2. The molecule has 0 saturated heterocycles. The number of fused-ring (bicyclic) bond motifs is 3. The minimum Gasteiger partial charge on any atom is -0.360 e. The SMILES string of the molecule is Cc1cc(C)n2nc3c(c2n1)C(c1cc(-c2ccccc2)no1)CC(=O)N3. The average molecular weight is 359 g/mol. The lowest BCUT2D eigenvalue weighted by Gasteiger charge is -2.19. The Morgan fingerprint density at radius 1 is 1.19 bits per heavy atom. The molecule has 1 atom stereocenters. The largest absolute Gasteiger partial charge is 0.360 e. The molecule has 1 aromatic carbocycles. The summed E-state index contributed by atoms with van der Waals surface area (Å²) in [5.74, 6) is 0.809. The molecule has 0 aliphatic carbocycles. The monoisotopic (exact) mass is 359 g/mol. The lowest BCUT2D eigenvalue weighted by atomic mass is 9.91. The second kappa shape index (κ2) is 5.77. The Labute approximate surface area is 155 Å². The molecule has 134 valence electrons. The van der Waals surface area contributed by atoms with Gasteiger partial charge in [0.25, 0.3) is 0 Å². The van der Waals surface area contributed by atoms with Crippen molar-refractivity contribution < 1.29 is 9.32 Å². The maximum atomic E-state index is 12.3. The molecule has 0 saturated carbocycles. The van der Waals surface area contributed by atoms with Crippen molar-refractivity contribution in [1.29, 1.82) is 0 Å². The van der Waals surface area contributed by atoms with E-state index in [2.05, 4.69) is 20.6 Å². The van der Waals surface area contributed by atoms with E-state index in [1.165, 1.54) is 0 Å². The fourth-order valence-electron chi connectivity index (χ4n) is 3.66. The van der Waals surface area contributed by atoms with Gasteiger partial charge >= 0.3 is 0 Å². The van der Waals surface area contributed by atoms with E-state index in [4.69, 9.17) is 4.52 Å². The van der Waals surface area contributed by atoms with Crippen molar-refractivity contribution in [3.63, 3.8) is 0 Å². The van der Waals surface area contributed by atoms with E-state index in [1.807, 2.05) is 56.3 Å². The molecule has 0 bridgehead atoms. The second-order valence-corrected chi connectivity index (χ2v) is 6.82. The van der Waals surface area contributed by atoms with Crippen molar-refractivity contribution >= 4 is 17.4 Å². The Bertz CT molecular complexity index is 1180. The highest BCUT2D eigenvalue weighted by atomic mass is 16.5. The zero-order chi connectivity index (χ0) is 18.5. The minimum atomic E-state index is -0.273. The number of aromatic nitrogens is 4. The molecule has 1 aliphatic heterocycles. The number of amides is 1. The van der Waals surface area contributed by atoms with E-state index in [0.29, 0.717) is 11.6 Å².